The first-order chi connectivity index (χ1) is 10.7. The minimum absolute atomic E-state index is 0.0440. The minimum Gasteiger partial charge on any atom is -0.368 e. The van der Waals surface area contributed by atoms with Crippen LogP contribution in [0, 0.1) is 11.8 Å². The van der Waals surface area contributed by atoms with E-state index >= 15 is 0 Å². The van der Waals surface area contributed by atoms with Crippen molar-refractivity contribution in [1.82, 2.24) is 16.0 Å². The lowest BCUT2D eigenvalue weighted by Gasteiger charge is -2.20. The van der Waals surface area contributed by atoms with Crippen molar-refractivity contribution in [1.29, 1.82) is 0 Å². The van der Waals surface area contributed by atoms with E-state index in [1.165, 1.54) is 0 Å². The van der Waals surface area contributed by atoms with Crippen LogP contribution in [0.5, 0.6) is 0 Å². The van der Waals surface area contributed by atoms with Crippen LogP contribution in [0.15, 0.2) is 0 Å². The van der Waals surface area contributed by atoms with Gasteiger partial charge in [0.25, 0.3) is 0 Å². The molecule has 130 valence electrons. The predicted molar refractivity (Wildman–Crippen MR) is 72.8 cm³/mol. The zero-order valence-electron chi connectivity index (χ0n) is 12.3. The monoisotopic (exact) mass is 336 g/mol. The van der Waals surface area contributed by atoms with E-state index in [4.69, 9.17) is 5.73 Å². The maximum atomic E-state index is 12.6. The molecule has 0 aromatic heterocycles. The van der Waals surface area contributed by atoms with Crippen molar-refractivity contribution in [3.05, 3.63) is 0 Å². The Bertz CT molecular complexity index is 497. The van der Waals surface area contributed by atoms with E-state index in [9.17, 15) is 27.6 Å². The standard InChI is InChI=1S/C13H19F3N4O3/c14-13(15,16)7-4-9(19-5-7)12(23)20-8(10(17)21)3-6-1-2-18-11(6)22/h6-9,19H,1-5H2,(H2,17,21)(H,18,22)(H,20,23)/t6-,7+,8-,9-/m0/s1. The number of carbonyl (C=O) groups excluding carboxylic acids is 3. The number of alkyl halides is 3. The number of primary amides is 1. The summed E-state index contributed by atoms with van der Waals surface area (Å²) in [6.07, 6.45) is -4.18. The number of amides is 3. The zero-order chi connectivity index (χ0) is 17.2. The molecule has 0 spiro atoms. The molecule has 2 heterocycles. The fourth-order valence-electron chi connectivity index (χ4n) is 2.86. The molecule has 0 aliphatic carbocycles. The van der Waals surface area contributed by atoms with Gasteiger partial charge in [-0.2, -0.15) is 13.2 Å². The lowest BCUT2D eigenvalue weighted by molar-refractivity contribution is -0.169. The first-order valence-electron chi connectivity index (χ1n) is 7.36. The predicted octanol–water partition coefficient (Wildman–Crippen LogP) is -0.977. The van der Waals surface area contributed by atoms with Crippen LogP contribution in [0.3, 0.4) is 0 Å². The van der Waals surface area contributed by atoms with E-state index in [-0.39, 0.29) is 25.3 Å². The fraction of sp³-hybridized carbons (Fsp3) is 0.769. The average molecular weight is 336 g/mol. The van der Waals surface area contributed by atoms with Crippen molar-refractivity contribution in [2.24, 2.45) is 17.6 Å². The molecule has 0 bridgehead atoms. The number of nitrogens with two attached hydrogens (primary N) is 1. The second-order valence-electron chi connectivity index (χ2n) is 5.91. The number of halogens is 3. The largest absolute Gasteiger partial charge is 0.393 e. The van der Waals surface area contributed by atoms with Gasteiger partial charge in [0.05, 0.1) is 12.0 Å². The maximum Gasteiger partial charge on any atom is 0.393 e. The van der Waals surface area contributed by atoms with Crippen molar-refractivity contribution in [3.63, 3.8) is 0 Å². The number of nitrogens with one attached hydrogen (secondary N) is 3. The molecular formula is C13H19F3N4O3. The second kappa shape index (κ2) is 6.73. The summed E-state index contributed by atoms with van der Waals surface area (Å²) < 4.78 is 37.8. The number of rotatable bonds is 5. The summed E-state index contributed by atoms with van der Waals surface area (Å²) in [6, 6.07) is -2.11. The van der Waals surface area contributed by atoms with Crippen LogP contribution in [0.4, 0.5) is 13.2 Å². The summed E-state index contributed by atoms with van der Waals surface area (Å²) >= 11 is 0. The Kier molecular flexibility index (Phi) is 5.12. The molecule has 0 aromatic carbocycles. The van der Waals surface area contributed by atoms with Crippen molar-refractivity contribution in [2.75, 3.05) is 13.1 Å². The van der Waals surface area contributed by atoms with Gasteiger partial charge in [0.15, 0.2) is 0 Å². The first-order valence-corrected chi connectivity index (χ1v) is 7.36. The van der Waals surface area contributed by atoms with Crippen LogP contribution in [0.25, 0.3) is 0 Å². The van der Waals surface area contributed by atoms with E-state index in [1.807, 2.05) is 0 Å². The zero-order valence-corrected chi connectivity index (χ0v) is 12.3. The summed E-state index contributed by atoms with van der Waals surface area (Å²) in [6.45, 7) is 0.147. The van der Waals surface area contributed by atoms with E-state index in [0.717, 1.165) is 0 Å². The minimum atomic E-state index is -4.37. The molecule has 2 aliphatic rings. The highest BCUT2D eigenvalue weighted by atomic mass is 19.4. The molecule has 5 N–H and O–H groups in total. The molecule has 0 radical (unpaired) electrons. The third-order valence-electron chi connectivity index (χ3n) is 4.25. The Morgan fingerprint density at radius 3 is 2.57 bits per heavy atom. The van der Waals surface area contributed by atoms with Crippen molar-refractivity contribution in [2.45, 2.75) is 37.5 Å². The van der Waals surface area contributed by atoms with Gasteiger partial charge in [-0.1, -0.05) is 0 Å². The molecule has 0 saturated carbocycles. The molecule has 7 nitrogen and oxygen atoms in total. The van der Waals surface area contributed by atoms with Crippen LogP contribution < -0.4 is 21.7 Å². The molecule has 2 aliphatic heterocycles. The van der Waals surface area contributed by atoms with Crippen LogP contribution in [-0.2, 0) is 14.4 Å². The van der Waals surface area contributed by atoms with Crippen LogP contribution >= 0.6 is 0 Å². The third-order valence-corrected chi connectivity index (χ3v) is 4.25. The van der Waals surface area contributed by atoms with E-state index in [0.29, 0.717) is 13.0 Å². The Balaban J connectivity index is 1.91. The summed E-state index contributed by atoms with van der Waals surface area (Å²) in [5.74, 6) is -3.78. The normalized spacial score (nSPS) is 29.2. The Hall–Kier alpha value is -1.84. The lowest BCUT2D eigenvalue weighted by Crippen LogP contribution is -2.51. The van der Waals surface area contributed by atoms with Crippen molar-refractivity contribution >= 4 is 17.7 Å². The number of carbonyl (C=O) groups is 3. The molecule has 0 aromatic rings. The quantitative estimate of drug-likeness (QED) is 0.517. The van der Waals surface area contributed by atoms with E-state index in [1.54, 1.807) is 0 Å². The summed E-state index contributed by atoms with van der Waals surface area (Å²) in [5.41, 5.74) is 5.22. The van der Waals surface area contributed by atoms with E-state index in [2.05, 4.69) is 16.0 Å². The number of hydrogen-bond acceptors (Lipinski definition) is 4. The molecule has 23 heavy (non-hydrogen) atoms. The van der Waals surface area contributed by atoms with Gasteiger partial charge in [-0.05, 0) is 19.3 Å². The highest BCUT2D eigenvalue weighted by Gasteiger charge is 2.46. The summed E-state index contributed by atoms with van der Waals surface area (Å²) in [5, 5.41) is 7.45. The van der Waals surface area contributed by atoms with Crippen LogP contribution in [-0.4, -0.2) is 49.1 Å². The van der Waals surface area contributed by atoms with Crippen LogP contribution in [0.2, 0.25) is 0 Å². The SMILES string of the molecule is NC(=O)[C@H](C[C@@H]1CCNC1=O)NC(=O)[C@@H]1C[C@@H](C(F)(F)F)CN1. The van der Waals surface area contributed by atoms with Crippen LogP contribution in [0.1, 0.15) is 19.3 Å². The summed E-state index contributed by atoms with van der Waals surface area (Å²) in [4.78, 5) is 35.0. The molecule has 2 rings (SSSR count). The van der Waals surface area contributed by atoms with Gasteiger partial charge in [0.1, 0.15) is 6.04 Å². The fourth-order valence-corrected chi connectivity index (χ4v) is 2.86. The number of hydrogen-bond donors (Lipinski definition) is 4. The van der Waals surface area contributed by atoms with E-state index < -0.39 is 41.9 Å². The second-order valence-corrected chi connectivity index (χ2v) is 5.91. The molecule has 10 heteroatoms. The molecule has 3 amide bonds. The summed E-state index contributed by atoms with van der Waals surface area (Å²) in [7, 11) is 0. The lowest BCUT2D eigenvalue weighted by atomic mass is 9.97. The Morgan fingerprint density at radius 2 is 2.09 bits per heavy atom. The molecule has 2 fully saturated rings. The van der Waals surface area contributed by atoms with Gasteiger partial charge in [-0.3, -0.25) is 14.4 Å². The van der Waals surface area contributed by atoms with Gasteiger partial charge < -0.3 is 21.7 Å². The van der Waals surface area contributed by atoms with Gasteiger partial charge in [-0.15, -0.1) is 0 Å². The maximum absolute atomic E-state index is 12.6. The first kappa shape index (κ1) is 17.5. The van der Waals surface area contributed by atoms with Gasteiger partial charge in [0.2, 0.25) is 17.7 Å². The average Bonchev–Trinajstić information content (AvgIpc) is 3.07. The molecule has 4 atom stereocenters. The molecule has 2 saturated heterocycles. The Morgan fingerprint density at radius 1 is 1.39 bits per heavy atom. The van der Waals surface area contributed by atoms with Gasteiger partial charge >= 0.3 is 6.18 Å². The Labute approximate surface area is 130 Å². The topological polar surface area (TPSA) is 113 Å². The van der Waals surface area contributed by atoms with Crippen molar-refractivity contribution < 1.29 is 27.6 Å². The molecule has 0 unspecified atom stereocenters. The highest BCUT2D eigenvalue weighted by molar-refractivity contribution is 5.90. The van der Waals surface area contributed by atoms with Crippen molar-refractivity contribution in [3.8, 4) is 0 Å². The third kappa shape index (κ3) is 4.34. The molecular weight excluding hydrogens is 317 g/mol. The van der Waals surface area contributed by atoms with Gasteiger partial charge in [0, 0.05) is 19.0 Å². The highest BCUT2D eigenvalue weighted by Crippen LogP contribution is 2.32. The smallest absolute Gasteiger partial charge is 0.368 e. The van der Waals surface area contributed by atoms with Gasteiger partial charge in [-0.25, -0.2) is 0 Å².